The summed E-state index contributed by atoms with van der Waals surface area (Å²) >= 11 is 0. The molecule has 0 saturated carbocycles. The smallest absolute Gasteiger partial charge is 0.407 e. The molecule has 1 unspecified atom stereocenters. The van der Waals surface area contributed by atoms with Crippen LogP contribution in [0.2, 0.25) is 0 Å². The number of hydrogen-bond acceptors (Lipinski definition) is 4. The molecule has 0 bridgehead atoms. The summed E-state index contributed by atoms with van der Waals surface area (Å²) in [6.07, 6.45) is 0.449. The lowest BCUT2D eigenvalue weighted by Crippen LogP contribution is -2.39. The number of nitrogens with one attached hydrogen (secondary N) is 1. The van der Waals surface area contributed by atoms with Crippen molar-refractivity contribution < 1.29 is 9.53 Å². The first kappa shape index (κ1) is 15.2. The van der Waals surface area contributed by atoms with E-state index in [1.165, 1.54) is 0 Å². The van der Waals surface area contributed by atoms with E-state index < -0.39 is 5.60 Å². The van der Waals surface area contributed by atoms with Crippen LogP contribution < -0.4 is 11.1 Å². The van der Waals surface area contributed by atoms with Crippen LogP contribution in [-0.2, 0) is 4.74 Å². The van der Waals surface area contributed by atoms with E-state index in [1.807, 2.05) is 34.9 Å². The number of carbonyl (C=O) groups is 1. The lowest BCUT2D eigenvalue weighted by molar-refractivity contribution is 0.0523. The van der Waals surface area contributed by atoms with Crippen molar-refractivity contribution in [2.75, 3.05) is 27.2 Å². The summed E-state index contributed by atoms with van der Waals surface area (Å²) in [5.74, 6) is 0. The number of alkyl carbamates (subject to hydrolysis) is 1. The molecule has 0 aromatic rings. The molecule has 0 spiro atoms. The van der Waals surface area contributed by atoms with E-state index in [0.717, 1.165) is 6.42 Å². The molecule has 0 aliphatic heterocycles. The topological polar surface area (TPSA) is 67.6 Å². The highest BCUT2D eigenvalue weighted by Gasteiger charge is 2.16. The molecule has 0 saturated heterocycles. The molecular weight excluding hydrogens is 206 g/mol. The van der Waals surface area contributed by atoms with Crippen LogP contribution in [0.4, 0.5) is 4.79 Å². The highest BCUT2D eigenvalue weighted by atomic mass is 16.6. The van der Waals surface area contributed by atoms with Gasteiger partial charge in [-0.15, -0.1) is 0 Å². The summed E-state index contributed by atoms with van der Waals surface area (Å²) in [5, 5.41) is 2.72. The standard InChI is InChI=1S/C11H25N3O2/c1-11(2,3)16-10(15)13-7-6-9(8-12)14(4)5/h9H,6-8,12H2,1-5H3,(H,13,15). The van der Waals surface area contributed by atoms with Gasteiger partial charge in [0.25, 0.3) is 0 Å². The number of nitrogens with two attached hydrogens (primary N) is 1. The zero-order chi connectivity index (χ0) is 12.8. The van der Waals surface area contributed by atoms with Gasteiger partial charge < -0.3 is 20.7 Å². The quantitative estimate of drug-likeness (QED) is 0.734. The largest absolute Gasteiger partial charge is 0.444 e. The fourth-order valence-electron chi connectivity index (χ4n) is 1.24. The van der Waals surface area contributed by atoms with Gasteiger partial charge in [0.15, 0.2) is 0 Å². The molecular formula is C11H25N3O2. The van der Waals surface area contributed by atoms with Gasteiger partial charge in [0, 0.05) is 19.1 Å². The first-order valence-electron chi connectivity index (χ1n) is 5.59. The van der Waals surface area contributed by atoms with Crippen molar-refractivity contribution >= 4 is 6.09 Å². The molecule has 0 fully saturated rings. The third kappa shape index (κ3) is 7.48. The number of ether oxygens (including phenoxy) is 1. The Labute approximate surface area is 98.3 Å². The lowest BCUT2D eigenvalue weighted by Gasteiger charge is -2.23. The SMILES string of the molecule is CN(C)C(CN)CCNC(=O)OC(C)(C)C. The molecule has 16 heavy (non-hydrogen) atoms. The van der Waals surface area contributed by atoms with Gasteiger partial charge in [-0.25, -0.2) is 4.79 Å². The summed E-state index contributed by atoms with van der Waals surface area (Å²) in [5.41, 5.74) is 5.16. The van der Waals surface area contributed by atoms with Gasteiger partial charge in [0.2, 0.25) is 0 Å². The maximum absolute atomic E-state index is 11.3. The normalized spacial score (nSPS) is 13.7. The first-order chi connectivity index (χ1) is 7.26. The van der Waals surface area contributed by atoms with Crippen molar-refractivity contribution in [2.45, 2.75) is 38.8 Å². The summed E-state index contributed by atoms with van der Waals surface area (Å²) in [7, 11) is 3.95. The Morgan fingerprint density at radius 3 is 2.38 bits per heavy atom. The van der Waals surface area contributed by atoms with Crippen molar-refractivity contribution in [3.8, 4) is 0 Å². The van der Waals surface area contributed by atoms with Gasteiger partial charge in [0.05, 0.1) is 0 Å². The molecule has 0 aromatic heterocycles. The van der Waals surface area contributed by atoms with Gasteiger partial charge in [-0.05, 0) is 41.3 Å². The first-order valence-corrected chi connectivity index (χ1v) is 5.59. The van der Waals surface area contributed by atoms with Gasteiger partial charge >= 0.3 is 6.09 Å². The molecule has 0 rings (SSSR count). The molecule has 0 aromatic carbocycles. The zero-order valence-corrected chi connectivity index (χ0v) is 11.0. The van der Waals surface area contributed by atoms with Crippen molar-refractivity contribution in [2.24, 2.45) is 5.73 Å². The molecule has 5 heteroatoms. The Kier molecular flexibility index (Phi) is 6.36. The van der Waals surface area contributed by atoms with Crippen molar-refractivity contribution in [1.82, 2.24) is 10.2 Å². The second-order valence-corrected chi connectivity index (χ2v) is 5.07. The van der Waals surface area contributed by atoms with E-state index in [9.17, 15) is 4.79 Å². The maximum Gasteiger partial charge on any atom is 0.407 e. The number of carbonyl (C=O) groups excluding carboxylic acids is 1. The van der Waals surface area contributed by atoms with E-state index >= 15 is 0 Å². The second kappa shape index (κ2) is 6.70. The van der Waals surface area contributed by atoms with E-state index in [0.29, 0.717) is 13.1 Å². The minimum absolute atomic E-state index is 0.287. The van der Waals surface area contributed by atoms with Crippen LogP contribution in [0, 0.1) is 0 Å². The van der Waals surface area contributed by atoms with E-state index in [4.69, 9.17) is 10.5 Å². The minimum atomic E-state index is -0.446. The monoisotopic (exact) mass is 231 g/mol. The molecule has 5 nitrogen and oxygen atoms in total. The van der Waals surface area contributed by atoms with Gasteiger partial charge in [-0.2, -0.15) is 0 Å². The summed E-state index contributed by atoms with van der Waals surface area (Å²) < 4.78 is 5.12. The molecule has 1 atom stereocenters. The summed E-state index contributed by atoms with van der Waals surface area (Å²) in [6, 6.07) is 0.287. The Balaban J connectivity index is 3.77. The second-order valence-electron chi connectivity index (χ2n) is 5.07. The van der Waals surface area contributed by atoms with Crippen LogP contribution in [0.3, 0.4) is 0 Å². The number of likely N-dealkylation sites (N-methyl/N-ethyl adjacent to an activating group) is 1. The summed E-state index contributed by atoms with van der Waals surface area (Å²) in [6.45, 7) is 6.69. The molecule has 0 aliphatic carbocycles. The average Bonchev–Trinajstić information content (AvgIpc) is 2.08. The minimum Gasteiger partial charge on any atom is -0.444 e. The maximum atomic E-state index is 11.3. The van der Waals surface area contributed by atoms with Crippen LogP contribution in [-0.4, -0.2) is 49.8 Å². The highest BCUT2D eigenvalue weighted by molar-refractivity contribution is 5.67. The fourth-order valence-corrected chi connectivity index (χ4v) is 1.24. The van der Waals surface area contributed by atoms with Crippen LogP contribution in [0.15, 0.2) is 0 Å². The molecule has 1 amide bonds. The van der Waals surface area contributed by atoms with E-state index in [1.54, 1.807) is 0 Å². The zero-order valence-electron chi connectivity index (χ0n) is 11.0. The molecule has 0 aliphatic rings. The van der Waals surface area contributed by atoms with Gasteiger partial charge in [-0.3, -0.25) is 0 Å². The van der Waals surface area contributed by atoms with Crippen LogP contribution in [0.1, 0.15) is 27.2 Å². The third-order valence-corrected chi connectivity index (χ3v) is 2.15. The summed E-state index contributed by atoms with van der Waals surface area (Å²) in [4.78, 5) is 13.4. The molecule has 96 valence electrons. The van der Waals surface area contributed by atoms with Crippen molar-refractivity contribution in [3.63, 3.8) is 0 Å². The number of rotatable bonds is 5. The van der Waals surface area contributed by atoms with E-state index in [-0.39, 0.29) is 12.1 Å². The van der Waals surface area contributed by atoms with Crippen LogP contribution in [0.25, 0.3) is 0 Å². The predicted molar refractivity (Wildman–Crippen MR) is 65.4 cm³/mol. The Hall–Kier alpha value is -0.810. The van der Waals surface area contributed by atoms with Crippen molar-refractivity contribution in [1.29, 1.82) is 0 Å². The number of hydrogen-bond donors (Lipinski definition) is 2. The molecule has 0 heterocycles. The Morgan fingerprint density at radius 2 is 2.00 bits per heavy atom. The predicted octanol–water partition coefficient (Wildman–Crippen LogP) is 0.790. The van der Waals surface area contributed by atoms with Crippen molar-refractivity contribution in [3.05, 3.63) is 0 Å². The number of amides is 1. The molecule has 3 N–H and O–H groups in total. The van der Waals surface area contributed by atoms with Crippen LogP contribution >= 0.6 is 0 Å². The fraction of sp³-hybridized carbons (Fsp3) is 0.909. The average molecular weight is 231 g/mol. The Bertz CT molecular complexity index is 212. The Morgan fingerprint density at radius 1 is 1.44 bits per heavy atom. The van der Waals surface area contributed by atoms with Gasteiger partial charge in [-0.1, -0.05) is 0 Å². The van der Waals surface area contributed by atoms with Crippen LogP contribution in [0.5, 0.6) is 0 Å². The molecule has 0 radical (unpaired) electrons. The van der Waals surface area contributed by atoms with E-state index in [2.05, 4.69) is 10.2 Å². The third-order valence-electron chi connectivity index (χ3n) is 2.15. The number of nitrogens with zero attached hydrogens (tertiary/aromatic N) is 1. The highest BCUT2D eigenvalue weighted by Crippen LogP contribution is 2.06. The van der Waals surface area contributed by atoms with Gasteiger partial charge in [0.1, 0.15) is 5.60 Å². The lowest BCUT2D eigenvalue weighted by atomic mass is 10.2.